The zero-order valence-corrected chi connectivity index (χ0v) is 12.1. The number of benzene rings is 1. The zero-order chi connectivity index (χ0) is 14.8. The summed E-state index contributed by atoms with van der Waals surface area (Å²) in [5.74, 6) is 0.918. The summed E-state index contributed by atoms with van der Waals surface area (Å²) in [5.41, 5.74) is 0.729. The van der Waals surface area contributed by atoms with Gasteiger partial charge in [0.1, 0.15) is 12.0 Å². The quantitative estimate of drug-likeness (QED) is 0.511. The Morgan fingerprint density at radius 2 is 2.10 bits per heavy atom. The fourth-order valence-electron chi connectivity index (χ4n) is 1.25. The molecule has 0 saturated heterocycles. The molecule has 1 aromatic rings. The predicted octanol–water partition coefficient (Wildman–Crippen LogP) is 2.55. The average Bonchev–Trinajstić information content (AvgIpc) is 2.45. The van der Waals surface area contributed by atoms with Gasteiger partial charge in [-0.2, -0.15) is 4.99 Å². The zero-order valence-electron chi connectivity index (χ0n) is 11.3. The van der Waals surface area contributed by atoms with Gasteiger partial charge in [-0.05, 0) is 31.2 Å². The van der Waals surface area contributed by atoms with Crippen LogP contribution in [0.1, 0.15) is 6.92 Å². The third-order valence-electron chi connectivity index (χ3n) is 2.09. The van der Waals surface area contributed by atoms with Crippen LogP contribution in [0.3, 0.4) is 0 Å². The Kier molecular flexibility index (Phi) is 7.20. The number of carbonyl (C=O) groups is 2. The van der Waals surface area contributed by atoms with Crippen LogP contribution in [-0.4, -0.2) is 37.0 Å². The minimum Gasteiger partial charge on any atom is -0.497 e. The second-order valence-electron chi connectivity index (χ2n) is 3.45. The summed E-state index contributed by atoms with van der Waals surface area (Å²) in [6, 6.07) is 7.10. The second kappa shape index (κ2) is 8.98. The van der Waals surface area contributed by atoms with Gasteiger partial charge < -0.3 is 19.6 Å². The number of amides is 1. The Balaban J connectivity index is 2.76. The predicted molar refractivity (Wildman–Crippen MR) is 79.6 cm³/mol. The van der Waals surface area contributed by atoms with Gasteiger partial charge in [0.15, 0.2) is 5.17 Å². The van der Waals surface area contributed by atoms with E-state index in [2.05, 4.69) is 10.3 Å². The van der Waals surface area contributed by atoms with Crippen LogP contribution in [0.15, 0.2) is 29.3 Å². The highest BCUT2D eigenvalue weighted by molar-refractivity contribution is 8.14. The molecule has 0 atom stereocenters. The van der Waals surface area contributed by atoms with Gasteiger partial charge >= 0.3 is 6.09 Å². The van der Waals surface area contributed by atoms with E-state index < -0.39 is 6.09 Å². The van der Waals surface area contributed by atoms with Crippen LogP contribution in [0.4, 0.5) is 10.5 Å². The molecular weight excluding hydrogens is 280 g/mol. The van der Waals surface area contributed by atoms with E-state index in [0.29, 0.717) is 5.17 Å². The van der Waals surface area contributed by atoms with E-state index in [0.717, 1.165) is 29.5 Å². The van der Waals surface area contributed by atoms with Crippen molar-refractivity contribution in [1.29, 1.82) is 0 Å². The van der Waals surface area contributed by atoms with Crippen LogP contribution in [0.5, 0.6) is 5.75 Å². The molecule has 0 bridgehead atoms. The summed E-state index contributed by atoms with van der Waals surface area (Å²) in [6.07, 6.45) is 0.0445. The second-order valence-corrected chi connectivity index (χ2v) is 4.46. The van der Waals surface area contributed by atoms with Crippen LogP contribution in [0, 0.1) is 0 Å². The molecule has 6 nitrogen and oxygen atoms in total. The van der Waals surface area contributed by atoms with Gasteiger partial charge in [-0.1, -0.05) is 11.8 Å². The fourth-order valence-corrected chi connectivity index (χ4v) is 1.80. The highest BCUT2D eigenvalue weighted by Gasteiger charge is 2.06. The van der Waals surface area contributed by atoms with Gasteiger partial charge in [0.25, 0.3) is 0 Å². The minimum absolute atomic E-state index is 0.196. The van der Waals surface area contributed by atoms with Crippen molar-refractivity contribution in [3.05, 3.63) is 24.3 Å². The van der Waals surface area contributed by atoms with Crippen molar-refractivity contribution in [1.82, 2.24) is 0 Å². The molecule has 0 aliphatic rings. The third kappa shape index (κ3) is 5.75. The molecule has 7 heteroatoms. The van der Waals surface area contributed by atoms with Gasteiger partial charge in [-0.3, -0.25) is 0 Å². The average molecular weight is 296 g/mol. The van der Waals surface area contributed by atoms with Crippen LogP contribution in [0.2, 0.25) is 0 Å². The molecule has 1 rings (SSSR count). The molecule has 1 N–H and O–H groups in total. The lowest BCUT2D eigenvalue weighted by Gasteiger charge is -2.08. The number of thioether (sulfide) groups is 1. The lowest BCUT2D eigenvalue weighted by molar-refractivity contribution is -0.105. The molecule has 1 aromatic carbocycles. The number of aliphatic imine (C=N–C) groups is 1. The van der Waals surface area contributed by atoms with E-state index in [4.69, 9.17) is 9.47 Å². The largest absolute Gasteiger partial charge is 0.497 e. The van der Waals surface area contributed by atoms with Gasteiger partial charge in [-0.15, -0.1) is 0 Å². The highest BCUT2D eigenvalue weighted by Crippen LogP contribution is 2.17. The number of hydrogen-bond acceptors (Lipinski definition) is 5. The van der Waals surface area contributed by atoms with E-state index in [9.17, 15) is 9.59 Å². The number of rotatable bonds is 5. The van der Waals surface area contributed by atoms with Crippen molar-refractivity contribution in [3.63, 3.8) is 0 Å². The Morgan fingerprint density at radius 3 is 2.65 bits per heavy atom. The van der Waals surface area contributed by atoms with Crippen LogP contribution in [-0.2, 0) is 9.53 Å². The molecule has 0 unspecified atom stereocenters. The third-order valence-corrected chi connectivity index (χ3v) is 2.86. The summed E-state index contributed by atoms with van der Waals surface area (Å²) < 4.78 is 9.79. The summed E-state index contributed by atoms with van der Waals surface area (Å²) >= 11 is 1.12. The Labute approximate surface area is 121 Å². The summed E-state index contributed by atoms with van der Waals surface area (Å²) in [6.45, 7) is 1.94. The topological polar surface area (TPSA) is 77.0 Å². The lowest BCUT2D eigenvalue weighted by Crippen LogP contribution is -2.12. The van der Waals surface area contributed by atoms with Crippen molar-refractivity contribution in [3.8, 4) is 5.75 Å². The van der Waals surface area contributed by atoms with Gasteiger partial charge in [-0.25, -0.2) is 4.79 Å². The molecule has 20 heavy (non-hydrogen) atoms. The molecule has 0 fully saturated rings. The highest BCUT2D eigenvalue weighted by atomic mass is 32.2. The number of ether oxygens (including phenoxy) is 2. The SMILES string of the molecule is CCOC(=O)/N=C(/Nc1ccc(OC)cc1)SCC=O. The van der Waals surface area contributed by atoms with Crippen molar-refractivity contribution in [2.75, 3.05) is 24.8 Å². The summed E-state index contributed by atoms with van der Waals surface area (Å²) in [5, 5.41) is 3.26. The normalized spacial score (nSPS) is 10.8. The van der Waals surface area contributed by atoms with E-state index in [1.54, 1.807) is 38.3 Å². The van der Waals surface area contributed by atoms with Crippen LogP contribution >= 0.6 is 11.8 Å². The summed E-state index contributed by atoms with van der Waals surface area (Å²) in [4.78, 5) is 25.5. The molecule has 0 aromatic heterocycles. The number of anilines is 1. The molecular formula is C13H16N2O4S. The van der Waals surface area contributed by atoms with Crippen molar-refractivity contribution >= 4 is 35.0 Å². The first-order chi connectivity index (χ1) is 9.69. The number of carbonyl (C=O) groups excluding carboxylic acids is 2. The lowest BCUT2D eigenvalue weighted by atomic mass is 10.3. The van der Waals surface area contributed by atoms with E-state index >= 15 is 0 Å². The first-order valence-electron chi connectivity index (χ1n) is 5.92. The maximum Gasteiger partial charge on any atom is 0.436 e. The minimum atomic E-state index is -0.693. The van der Waals surface area contributed by atoms with Crippen LogP contribution in [0.25, 0.3) is 0 Å². The van der Waals surface area contributed by atoms with E-state index in [1.165, 1.54) is 0 Å². The first kappa shape index (κ1) is 16.0. The van der Waals surface area contributed by atoms with E-state index in [1.807, 2.05) is 0 Å². The maximum atomic E-state index is 11.3. The van der Waals surface area contributed by atoms with E-state index in [-0.39, 0.29) is 12.4 Å². The standard InChI is InChI=1S/C13H16N2O4S/c1-3-19-13(17)15-12(20-9-8-16)14-10-4-6-11(18-2)7-5-10/h4-8H,3,9H2,1-2H3,(H,14,15,17). The number of amidine groups is 1. The fraction of sp³-hybridized carbons (Fsp3) is 0.308. The number of hydrogen-bond donors (Lipinski definition) is 1. The van der Waals surface area contributed by atoms with Gasteiger partial charge in [0, 0.05) is 5.69 Å². The Bertz CT molecular complexity index is 474. The molecule has 0 heterocycles. The monoisotopic (exact) mass is 296 g/mol. The van der Waals surface area contributed by atoms with Gasteiger partial charge in [0.2, 0.25) is 0 Å². The number of aldehydes is 1. The summed E-state index contributed by atoms with van der Waals surface area (Å²) in [7, 11) is 1.58. The van der Waals surface area contributed by atoms with Crippen molar-refractivity contribution in [2.24, 2.45) is 4.99 Å². The molecule has 0 saturated carbocycles. The number of nitrogens with one attached hydrogen (secondary N) is 1. The molecule has 108 valence electrons. The maximum absolute atomic E-state index is 11.3. The molecule has 1 amide bonds. The van der Waals surface area contributed by atoms with Crippen molar-refractivity contribution in [2.45, 2.75) is 6.92 Å². The Hall–Kier alpha value is -2.02. The molecule has 0 aliphatic heterocycles. The molecule has 0 radical (unpaired) electrons. The van der Waals surface area contributed by atoms with Crippen LogP contribution < -0.4 is 10.1 Å². The number of methoxy groups -OCH3 is 1. The van der Waals surface area contributed by atoms with Gasteiger partial charge in [0.05, 0.1) is 19.5 Å². The molecule has 0 spiro atoms. The van der Waals surface area contributed by atoms with Crippen molar-refractivity contribution < 1.29 is 19.1 Å². The number of nitrogens with zero attached hydrogens (tertiary/aromatic N) is 1. The first-order valence-corrected chi connectivity index (χ1v) is 6.91. The smallest absolute Gasteiger partial charge is 0.436 e. The molecule has 0 aliphatic carbocycles. The Morgan fingerprint density at radius 1 is 1.40 bits per heavy atom.